The summed E-state index contributed by atoms with van der Waals surface area (Å²) in [5.41, 5.74) is 1.69. The number of nitrogens with zero attached hydrogens (tertiary/aromatic N) is 2. The first-order valence-corrected chi connectivity index (χ1v) is 6.06. The van der Waals surface area contributed by atoms with Gasteiger partial charge in [-0.05, 0) is 31.4 Å². The second-order valence-corrected chi connectivity index (χ2v) is 4.38. The molecule has 3 rings (SSSR count). The van der Waals surface area contributed by atoms with E-state index >= 15 is 0 Å². The molecule has 1 aliphatic heterocycles. The fourth-order valence-corrected chi connectivity index (χ4v) is 2.24. The zero-order valence-corrected chi connectivity index (χ0v) is 9.98. The molecule has 0 atom stereocenters. The Bertz CT molecular complexity index is 515. The molecule has 0 aliphatic carbocycles. The largest absolute Gasteiger partial charge is 0.497 e. The Morgan fingerprint density at radius 2 is 2.06 bits per heavy atom. The maximum absolute atomic E-state index is 5.77. The number of aromatic nitrogens is 1. The Balaban J connectivity index is 1.95. The third-order valence-corrected chi connectivity index (χ3v) is 3.21. The summed E-state index contributed by atoms with van der Waals surface area (Å²) in [5, 5.41) is 0. The number of fused-ring (bicyclic) bond motifs is 1. The molecule has 0 saturated carbocycles. The van der Waals surface area contributed by atoms with E-state index in [0.717, 1.165) is 36.0 Å². The maximum atomic E-state index is 5.77. The van der Waals surface area contributed by atoms with Crippen molar-refractivity contribution in [3.63, 3.8) is 0 Å². The molecule has 1 aromatic carbocycles. The van der Waals surface area contributed by atoms with Crippen LogP contribution in [0.25, 0.3) is 11.1 Å². The zero-order chi connectivity index (χ0) is 11.7. The van der Waals surface area contributed by atoms with Gasteiger partial charge in [-0.25, -0.2) is 0 Å². The molecule has 4 heteroatoms. The normalized spacial score (nSPS) is 16.4. The van der Waals surface area contributed by atoms with Crippen LogP contribution in [-0.4, -0.2) is 25.2 Å². The fourth-order valence-electron chi connectivity index (χ4n) is 2.24. The summed E-state index contributed by atoms with van der Waals surface area (Å²) >= 11 is 0. The minimum Gasteiger partial charge on any atom is -0.497 e. The first kappa shape index (κ1) is 10.4. The third kappa shape index (κ3) is 1.95. The van der Waals surface area contributed by atoms with Gasteiger partial charge >= 0.3 is 0 Å². The number of methoxy groups -OCH3 is 1. The first-order valence-electron chi connectivity index (χ1n) is 6.06. The quantitative estimate of drug-likeness (QED) is 0.798. The molecule has 0 unspecified atom stereocenters. The van der Waals surface area contributed by atoms with Gasteiger partial charge in [-0.1, -0.05) is 0 Å². The van der Waals surface area contributed by atoms with Gasteiger partial charge in [0.2, 0.25) is 0 Å². The Morgan fingerprint density at radius 1 is 1.24 bits per heavy atom. The van der Waals surface area contributed by atoms with Gasteiger partial charge in [0.25, 0.3) is 6.01 Å². The fraction of sp³-hybridized carbons (Fsp3) is 0.462. The van der Waals surface area contributed by atoms with Gasteiger partial charge in [0.1, 0.15) is 11.3 Å². The van der Waals surface area contributed by atoms with Crippen molar-refractivity contribution in [2.75, 3.05) is 25.1 Å². The van der Waals surface area contributed by atoms with Crippen molar-refractivity contribution < 1.29 is 9.15 Å². The van der Waals surface area contributed by atoms with Crippen LogP contribution in [0, 0.1) is 0 Å². The van der Waals surface area contributed by atoms with Crippen LogP contribution in [0.15, 0.2) is 22.6 Å². The molecule has 0 amide bonds. The highest BCUT2D eigenvalue weighted by Crippen LogP contribution is 2.26. The minimum atomic E-state index is 0.743. The van der Waals surface area contributed by atoms with Crippen molar-refractivity contribution in [1.29, 1.82) is 0 Å². The van der Waals surface area contributed by atoms with E-state index in [4.69, 9.17) is 9.15 Å². The average molecular weight is 232 g/mol. The van der Waals surface area contributed by atoms with Crippen molar-refractivity contribution >= 4 is 17.1 Å². The standard InChI is InChI=1S/C13H16N2O2/c1-16-10-5-6-12-11(9-10)14-13(17-12)15-7-3-2-4-8-15/h5-6,9H,2-4,7-8H2,1H3. The number of oxazole rings is 1. The van der Waals surface area contributed by atoms with E-state index < -0.39 is 0 Å². The number of anilines is 1. The lowest BCUT2D eigenvalue weighted by atomic mass is 10.1. The van der Waals surface area contributed by atoms with Crippen LogP contribution in [0.4, 0.5) is 6.01 Å². The summed E-state index contributed by atoms with van der Waals surface area (Å²) in [4.78, 5) is 6.74. The molecular weight excluding hydrogens is 216 g/mol. The lowest BCUT2D eigenvalue weighted by Gasteiger charge is -2.24. The first-order chi connectivity index (χ1) is 8.36. The monoisotopic (exact) mass is 232 g/mol. The summed E-state index contributed by atoms with van der Waals surface area (Å²) < 4.78 is 10.9. The van der Waals surface area contributed by atoms with Crippen LogP contribution in [0.5, 0.6) is 5.75 Å². The number of hydrogen-bond acceptors (Lipinski definition) is 4. The van der Waals surface area contributed by atoms with Crippen molar-refractivity contribution in [2.24, 2.45) is 0 Å². The molecule has 90 valence electrons. The van der Waals surface area contributed by atoms with Crippen LogP contribution in [-0.2, 0) is 0 Å². The van der Waals surface area contributed by atoms with E-state index in [1.165, 1.54) is 19.3 Å². The van der Waals surface area contributed by atoms with Crippen molar-refractivity contribution in [2.45, 2.75) is 19.3 Å². The topological polar surface area (TPSA) is 38.5 Å². The molecule has 0 bridgehead atoms. The van der Waals surface area contributed by atoms with Crippen molar-refractivity contribution in [3.8, 4) is 5.75 Å². The lowest BCUT2D eigenvalue weighted by molar-refractivity contribution is 0.415. The van der Waals surface area contributed by atoms with Gasteiger partial charge in [0, 0.05) is 19.2 Å². The van der Waals surface area contributed by atoms with Gasteiger partial charge in [-0.3, -0.25) is 0 Å². The number of rotatable bonds is 2. The molecule has 1 fully saturated rings. The third-order valence-electron chi connectivity index (χ3n) is 3.21. The highest BCUT2D eigenvalue weighted by Gasteiger charge is 2.16. The summed E-state index contributed by atoms with van der Waals surface area (Å²) in [6, 6.07) is 6.46. The van der Waals surface area contributed by atoms with E-state index in [9.17, 15) is 0 Å². The van der Waals surface area contributed by atoms with Crippen LogP contribution in [0.2, 0.25) is 0 Å². The van der Waals surface area contributed by atoms with Gasteiger partial charge in [-0.15, -0.1) is 0 Å². The van der Waals surface area contributed by atoms with Crippen molar-refractivity contribution in [1.82, 2.24) is 4.98 Å². The molecule has 0 radical (unpaired) electrons. The number of hydrogen-bond donors (Lipinski definition) is 0. The van der Waals surface area contributed by atoms with Crippen LogP contribution in [0.3, 0.4) is 0 Å². The minimum absolute atomic E-state index is 0.743. The number of ether oxygens (including phenoxy) is 1. The SMILES string of the molecule is COc1ccc2oc(N3CCCCC3)nc2c1. The summed E-state index contributed by atoms with van der Waals surface area (Å²) in [5.74, 6) is 0.816. The van der Waals surface area contributed by atoms with Crippen LogP contribution >= 0.6 is 0 Å². The Morgan fingerprint density at radius 3 is 2.82 bits per heavy atom. The molecular formula is C13H16N2O2. The summed E-state index contributed by atoms with van der Waals surface area (Å²) in [6.45, 7) is 2.09. The van der Waals surface area contributed by atoms with E-state index in [-0.39, 0.29) is 0 Å². The Hall–Kier alpha value is -1.71. The second kappa shape index (κ2) is 4.28. The second-order valence-electron chi connectivity index (χ2n) is 4.38. The molecule has 1 saturated heterocycles. The van der Waals surface area contributed by atoms with Crippen LogP contribution < -0.4 is 9.64 Å². The van der Waals surface area contributed by atoms with Gasteiger partial charge in [-0.2, -0.15) is 4.98 Å². The summed E-state index contributed by atoms with van der Waals surface area (Å²) in [7, 11) is 1.66. The van der Waals surface area contributed by atoms with E-state index in [1.54, 1.807) is 7.11 Å². The predicted molar refractivity (Wildman–Crippen MR) is 66.6 cm³/mol. The van der Waals surface area contributed by atoms with E-state index in [1.807, 2.05) is 18.2 Å². The maximum Gasteiger partial charge on any atom is 0.298 e. The summed E-state index contributed by atoms with van der Waals surface area (Å²) in [6.07, 6.45) is 3.76. The smallest absolute Gasteiger partial charge is 0.298 e. The van der Waals surface area contributed by atoms with Gasteiger partial charge < -0.3 is 14.1 Å². The molecule has 2 heterocycles. The Kier molecular flexibility index (Phi) is 2.63. The highest BCUT2D eigenvalue weighted by molar-refractivity contribution is 5.76. The van der Waals surface area contributed by atoms with Crippen molar-refractivity contribution in [3.05, 3.63) is 18.2 Å². The molecule has 2 aromatic rings. The predicted octanol–water partition coefficient (Wildman–Crippen LogP) is 2.83. The Labute approximate surface area is 100 Å². The number of piperidine rings is 1. The molecule has 1 aromatic heterocycles. The van der Waals surface area contributed by atoms with Gasteiger partial charge in [0.15, 0.2) is 5.58 Å². The van der Waals surface area contributed by atoms with Crippen LogP contribution in [0.1, 0.15) is 19.3 Å². The van der Waals surface area contributed by atoms with E-state index in [2.05, 4.69) is 9.88 Å². The molecule has 4 nitrogen and oxygen atoms in total. The molecule has 0 N–H and O–H groups in total. The molecule has 0 spiro atoms. The highest BCUT2D eigenvalue weighted by atomic mass is 16.5. The van der Waals surface area contributed by atoms with Gasteiger partial charge in [0.05, 0.1) is 7.11 Å². The molecule has 1 aliphatic rings. The number of benzene rings is 1. The zero-order valence-electron chi connectivity index (χ0n) is 9.98. The molecule has 17 heavy (non-hydrogen) atoms. The van der Waals surface area contributed by atoms with E-state index in [0.29, 0.717) is 0 Å². The lowest BCUT2D eigenvalue weighted by Crippen LogP contribution is -2.29. The average Bonchev–Trinajstić information content (AvgIpc) is 2.82.